The van der Waals surface area contributed by atoms with Gasteiger partial charge in [-0.25, -0.2) is 4.79 Å². The van der Waals surface area contributed by atoms with E-state index in [1.54, 1.807) is 31.2 Å². The molecule has 2 atom stereocenters. The van der Waals surface area contributed by atoms with Crippen molar-refractivity contribution in [2.45, 2.75) is 59.2 Å². The molecule has 0 aromatic heterocycles. The maximum atomic E-state index is 12.5. The van der Waals surface area contributed by atoms with Crippen molar-refractivity contribution in [1.82, 2.24) is 0 Å². The van der Waals surface area contributed by atoms with Gasteiger partial charge in [0.05, 0.1) is 5.56 Å². The molecule has 2 rings (SSSR count). The van der Waals surface area contributed by atoms with E-state index in [1.807, 2.05) is 33.8 Å². The highest BCUT2D eigenvalue weighted by atomic mass is 16.6. The van der Waals surface area contributed by atoms with E-state index in [9.17, 15) is 9.59 Å². The SMILES string of the molecule is CCC1(CC)OC(=O)C(C(C)OC(=O)c2ccccc2)C1(C)C. The van der Waals surface area contributed by atoms with Crippen LogP contribution in [0.15, 0.2) is 30.3 Å². The van der Waals surface area contributed by atoms with Crippen molar-refractivity contribution in [3.63, 3.8) is 0 Å². The fourth-order valence-corrected chi connectivity index (χ4v) is 3.93. The molecule has 23 heavy (non-hydrogen) atoms. The summed E-state index contributed by atoms with van der Waals surface area (Å²) in [6, 6.07) is 8.82. The summed E-state index contributed by atoms with van der Waals surface area (Å²) in [5, 5.41) is 0. The first-order valence-electron chi connectivity index (χ1n) is 8.28. The summed E-state index contributed by atoms with van der Waals surface area (Å²) < 4.78 is 11.3. The van der Waals surface area contributed by atoms with Crippen LogP contribution in [0.2, 0.25) is 0 Å². The van der Waals surface area contributed by atoms with Crippen LogP contribution < -0.4 is 0 Å². The van der Waals surface area contributed by atoms with E-state index >= 15 is 0 Å². The molecule has 126 valence electrons. The van der Waals surface area contributed by atoms with Gasteiger partial charge in [-0.2, -0.15) is 0 Å². The fraction of sp³-hybridized carbons (Fsp3) is 0.579. The smallest absolute Gasteiger partial charge is 0.338 e. The van der Waals surface area contributed by atoms with Gasteiger partial charge < -0.3 is 9.47 Å². The number of cyclic esters (lactones) is 1. The number of ether oxygens (including phenoxy) is 2. The lowest BCUT2D eigenvalue weighted by Gasteiger charge is -2.40. The number of benzene rings is 1. The second kappa shape index (κ2) is 6.34. The lowest BCUT2D eigenvalue weighted by atomic mass is 9.65. The zero-order valence-electron chi connectivity index (χ0n) is 14.6. The van der Waals surface area contributed by atoms with E-state index in [2.05, 4.69) is 0 Å². The molecule has 4 nitrogen and oxygen atoms in total. The maximum Gasteiger partial charge on any atom is 0.338 e. The minimum atomic E-state index is -0.537. The van der Waals surface area contributed by atoms with Gasteiger partial charge in [-0.15, -0.1) is 0 Å². The molecule has 0 radical (unpaired) electrons. The highest BCUT2D eigenvalue weighted by molar-refractivity contribution is 5.89. The fourth-order valence-electron chi connectivity index (χ4n) is 3.93. The molecule has 2 unspecified atom stereocenters. The van der Waals surface area contributed by atoms with Gasteiger partial charge in [-0.05, 0) is 31.9 Å². The molecule has 1 aromatic rings. The molecule has 1 aromatic carbocycles. The topological polar surface area (TPSA) is 52.6 Å². The standard InChI is InChI=1S/C19H26O4/c1-6-19(7-2)18(4,5)15(17(21)23-19)13(3)22-16(20)14-11-9-8-10-12-14/h8-13,15H,6-7H2,1-5H3. The van der Waals surface area contributed by atoms with E-state index in [1.165, 1.54) is 0 Å². The highest BCUT2D eigenvalue weighted by Gasteiger charge is 2.61. The third-order valence-corrected chi connectivity index (χ3v) is 5.42. The number of carbonyl (C=O) groups excluding carboxylic acids is 2. The molecule has 4 heteroatoms. The molecule has 1 heterocycles. The Hall–Kier alpha value is -1.84. The van der Waals surface area contributed by atoms with Crippen LogP contribution in [0.5, 0.6) is 0 Å². The van der Waals surface area contributed by atoms with Gasteiger partial charge in [0, 0.05) is 5.41 Å². The molecular weight excluding hydrogens is 292 g/mol. The molecule has 0 aliphatic carbocycles. The number of rotatable bonds is 5. The van der Waals surface area contributed by atoms with Crippen LogP contribution in [-0.4, -0.2) is 23.6 Å². The van der Waals surface area contributed by atoms with Crippen molar-refractivity contribution in [1.29, 1.82) is 0 Å². The summed E-state index contributed by atoms with van der Waals surface area (Å²) in [7, 11) is 0. The monoisotopic (exact) mass is 318 g/mol. The third-order valence-electron chi connectivity index (χ3n) is 5.42. The average molecular weight is 318 g/mol. The van der Waals surface area contributed by atoms with E-state index in [0.717, 1.165) is 12.8 Å². The molecule has 1 aliphatic heterocycles. The quantitative estimate of drug-likeness (QED) is 0.770. The van der Waals surface area contributed by atoms with Crippen molar-refractivity contribution < 1.29 is 19.1 Å². The van der Waals surface area contributed by atoms with Crippen LogP contribution in [0.1, 0.15) is 57.8 Å². The second-order valence-electron chi connectivity index (χ2n) is 6.80. The number of esters is 2. The van der Waals surface area contributed by atoms with Gasteiger partial charge in [0.2, 0.25) is 0 Å². The zero-order chi connectivity index (χ0) is 17.3. The molecule has 0 bridgehead atoms. The normalized spacial score (nSPS) is 23.2. The van der Waals surface area contributed by atoms with Crippen molar-refractivity contribution in [2.24, 2.45) is 11.3 Å². The summed E-state index contributed by atoms with van der Waals surface area (Å²) in [6.45, 7) is 9.89. The first-order chi connectivity index (χ1) is 10.8. The Bertz CT molecular complexity index is 572. The lowest BCUT2D eigenvalue weighted by molar-refractivity contribution is -0.153. The van der Waals surface area contributed by atoms with Crippen LogP contribution >= 0.6 is 0 Å². The lowest BCUT2D eigenvalue weighted by Crippen LogP contribution is -2.46. The summed E-state index contributed by atoms with van der Waals surface area (Å²) >= 11 is 0. The van der Waals surface area contributed by atoms with Crippen LogP contribution in [0, 0.1) is 11.3 Å². The predicted molar refractivity (Wildman–Crippen MR) is 88.0 cm³/mol. The van der Waals surface area contributed by atoms with E-state index < -0.39 is 29.0 Å². The Morgan fingerprint density at radius 1 is 1.22 bits per heavy atom. The minimum Gasteiger partial charge on any atom is -0.458 e. The Morgan fingerprint density at radius 3 is 2.26 bits per heavy atom. The van der Waals surface area contributed by atoms with Gasteiger partial charge >= 0.3 is 11.9 Å². The van der Waals surface area contributed by atoms with Gasteiger partial charge in [-0.3, -0.25) is 4.79 Å². The van der Waals surface area contributed by atoms with E-state index in [-0.39, 0.29) is 5.97 Å². The maximum absolute atomic E-state index is 12.5. The Balaban J connectivity index is 2.20. The number of carbonyl (C=O) groups is 2. The molecule has 0 amide bonds. The highest BCUT2D eigenvalue weighted by Crippen LogP contribution is 2.53. The molecule has 1 aliphatic rings. The summed E-state index contributed by atoms with van der Waals surface area (Å²) in [5.74, 6) is -1.14. The van der Waals surface area contributed by atoms with Crippen molar-refractivity contribution in [2.75, 3.05) is 0 Å². The predicted octanol–water partition coefficient (Wildman–Crippen LogP) is 3.99. The minimum absolute atomic E-state index is 0.271. The molecule has 0 saturated carbocycles. The first kappa shape index (κ1) is 17.5. The Kier molecular flexibility index (Phi) is 4.83. The number of hydrogen-bond donors (Lipinski definition) is 0. The van der Waals surface area contributed by atoms with E-state index in [4.69, 9.17) is 9.47 Å². The van der Waals surface area contributed by atoms with Crippen molar-refractivity contribution >= 4 is 11.9 Å². The summed E-state index contributed by atoms with van der Waals surface area (Å²) in [4.78, 5) is 24.7. The average Bonchev–Trinajstić information content (AvgIpc) is 2.73. The molecule has 0 spiro atoms. The molecule has 1 saturated heterocycles. The van der Waals surface area contributed by atoms with Crippen LogP contribution in [0.25, 0.3) is 0 Å². The molecule has 1 fully saturated rings. The van der Waals surface area contributed by atoms with Crippen molar-refractivity contribution in [3.05, 3.63) is 35.9 Å². The van der Waals surface area contributed by atoms with Crippen LogP contribution in [0.4, 0.5) is 0 Å². The molecular formula is C19H26O4. The Labute approximate surface area is 138 Å². The van der Waals surface area contributed by atoms with Gasteiger partial charge in [-0.1, -0.05) is 45.9 Å². The number of hydrogen-bond acceptors (Lipinski definition) is 4. The molecule has 0 N–H and O–H groups in total. The van der Waals surface area contributed by atoms with Gasteiger partial charge in [0.25, 0.3) is 0 Å². The van der Waals surface area contributed by atoms with Crippen molar-refractivity contribution in [3.8, 4) is 0 Å². The van der Waals surface area contributed by atoms with Crippen LogP contribution in [0.3, 0.4) is 0 Å². The summed E-state index contributed by atoms with van der Waals surface area (Å²) in [5.41, 5.74) is -0.410. The first-order valence-corrected chi connectivity index (χ1v) is 8.28. The van der Waals surface area contributed by atoms with Gasteiger partial charge in [0.15, 0.2) is 0 Å². The van der Waals surface area contributed by atoms with E-state index in [0.29, 0.717) is 5.56 Å². The summed E-state index contributed by atoms with van der Waals surface area (Å²) in [6.07, 6.45) is 0.959. The largest absolute Gasteiger partial charge is 0.458 e. The second-order valence-corrected chi connectivity index (χ2v) is 6.80. The van der Waals surface area contributed by atoms with Crippen LogP contribution in [-0.2, 0) is 14.3 Å². The van der Waals surface area contributed by atoms with Gasteiger partial charge in [0.1, 0.15) is 17.6 Å². The third kappa shape index (κ3) is 2.87. The Morgan fingerprint density at radius 2 is 1.78 bits per heavy atom. The zero-order valence-corrected chi connectivity index (χ0v) is 14.6.